The van der Waals surface area contributed by atoms with E-state index in [-0.39, 0.29) is 5.91 Å². The van der Waals surface area contributed by atoms with Crippen molar-refractivity contribution >= 4 is 17.5 Å². The number of carbonyl (C=O) groups is 1. The Morgan fingerprint density at radius 2 is 2.06 bits per heavy atom. The summed E-state index contributed by atoms with van der Waals surface area (Å²) in [6.07, 6.45) is 1.36. The fourth-order valence-electron chi connectivity index (χ4n) is 1.30. The molecule has 0 aromatic heterocycles. The SMILES string of the molecule is CCCOc1ccc(CNC(=O)CCCl)cc1. The van der Waals surface area contributed by atoms with E-state index in [1.54, 1.807) is 0 Å². The third-order valence-corrected chi connectivity index (χ3v) is 2.40. The summed E-state index contributed by atoms with van der Waals surface area (Å²) in [5.41, 5.74) is 1.05. The van der Waals surface area contributed by atoms with Crippen molar-refractivity contribution in [1.29, 1.82) is 0 Å². The van der Waals surface area contributed by atoms with Crippen LogP contribution in [0.5, 0.6) is 5.75 Å². The fraction of sp³-hybridized carbons (Fsp3) is 0.462. The zero-order valence-electron chi connectivity index (χ0n) is 10.0. The topological polar surface area (TPSA) is 38.3 Å². The Bertz CT molecular complexity index is 338. The number of hydrogen-bond donors (Lipinski definition) is 1. The molecule has 0 unspecified atom stereocenters. The van der Waals surface area contributed by atoms with Gasteiger partial charge in [0.15, 0.2) is 0 Å². The minimum absolute atomic E-state index is 0.0219. The molecule has 1 rings (SSSR count). The molecule has 0 atom stereocenters. The zero-order chi connectivity index (χ0) is 12.5. The monoisotopic (exact) mass is 255 g/mol. The molecule has 4 heteroatoms. The number of benzene rings is 1. The van der Waals surface area contributed by atoms with Crippen molar-refractivity contribution in [1.82, 2.24) is 5.32 Å². The van der Waals surface area contributed by atoms with Gasteiger partial charge in [0, 0.05) is 18.8 Å². The summed E-state index contributed by atoms with van der Waals surface area (Å²) in [5, 5.41) is 2.80. The predicted octanol–water partition coefficient (Wildman–Crippen LogP) is 2.72. The van der Waals surface area contributed by atoms with Crippen molar-refractivity contribution < 1.29 is 9.53 Å². The van der Waals surface area contributed by atoms with Crippen LogP contribution >= 0.6 is 11.6 Å². The Morgan fingerprint density at radius 3 is 2.65 bits per heavy atom. The summed E-state index contributed by atoms with van der Waals surface area (Å²) in [6, 6.07) is 7.73. The molecule has 0 fully saturated rings. The van der Waals surface area contributed by atoms with Crippen molar-refractivity contribution in [2.75, 3.05) is 12.5 Å². The van der Waals surface area contributed by atoms with Crippen LogP contribution in [0.3, 0.4) is 0 Å². The summed E-state index contributed by atoms with van der Waals surface area (Å²) in [4.78, 5) is 11.2. The maximum Gasteiger partial charge on any atom is 0.221 e. The van der Waals surface area contributed by atoms with E-state index in [0.717, 1.165) is 24.3 Å². The van der Waals surface area contributed by atoms with Gasteiger partial charge >= 0.3 is 0 Å². The third kappa shape index (κ3) is 5.59. The van der Waals surface area contributed by atoms with E-state index in [2.05, 4.69) is 12.2 Å². The van der Waals surface area contributed by atoms with Gasteiger partial charge in [-0.25, -0.2) is 0 Å². The highest BCUT2D eigenvalue weighted by Gasteiger charge is 2.00. The Balaban J connectivity index is 2.37. The first kappa shape index (κ1) is 13.8. The minimum Gasteiger partial charge on any atom is -0.494 e. The third-order valence-electron chi connectivity index (χ3n) is 2.21. The number of halogens is 1. The summed E-state index contributed by atoms with van der Waals surface area (Å²) in [5.74, 6) is 1.20. The number of nitrogens with one attached hydrogen (secondary N) is 1. The largest absolute Gasteiger partial charge is 0.494 e. The van der Waals surface area contributed by atoms with Gasteiger partial charge in [-0.05, 0) is 24.1 Å². The molecule has 0 aliphatic carbocycles. The molecule has 1 aromatic carbocycles. The molecule has 1 amide bonds. The average molecular weight is 256 g/mol. The molecule has 0 heterocycles. The molecule has 94 valence electrons. The molecule has 0 saturated heterocycles. The van der Waals surface area contributed by atoms with Gasteiger partial charge in [-0.1, -0.05) is 19.1 Å². The standard InChI is InChI=1S/C13H18ClNO2/c1-2-9-17-12-5-3-11(4-6-12)10-15-13(16)7-8-14/h3-6H,2,7-10H2,1H3,(H,15,16). The van der Waals surface area contributed by atoms with Crippen LogP contribution in [0, 0.1) is 0 Å². The van der Waals surface area contributed by atoms with Crippen molar-refractivity contribution in [3.8, 4) is 5.75 Å². The molecular weight excluding hydrogens is 238 g/mol. The number of carbonyl (C=O) groups excluding carboxylic acids is 1. The summed E-state index contributed by atoms with van der Waals surface area (Å²) in [7, 11) is 0. The second-order valence-electron chi connectivity index (χ2n) is 3.71. The van der Waals surface area contributed by atoms with Crippen molar-refractivity contribution in [2.24, 2.45) is 0 Å². The second kappa shape index (κ2) is 7.96. The fourth-order valence-corrected chi connectivity index (χ4v) is 1.47. The molecule has 0 bridgehead atoms. The lowest BCUT2D eigenvalue weighted by Gasteiger charge is -2.07. The lowest BCUT2D eigenvalue weighted by molar-refractivity contribution is -0.120. The van der Waals surface area contributed by atoms with E-state index >= 15 is 0 Å². The Kier molecular flexibility index (Phi) is 6.48. The van der Waals surface area contributed by atoms with Crippen LogP contribution < -0.4 is 10.1 Å². The van der Waals surface area contributed by atoms with E-state index in [0.29, 0.717) is 18.8 Å². The highest BCUT2D eigenvalue weighted by molar-refractivity contribution is 6.18. The lowest BCUT2D eigenvalue weighted by Crippen LogP contribution is -2.22. The van der Waals surface area contributed by atoms with Crippen molar-refractivity contribution in [3.05, 3.63) is 29.8 Å². The maximum atomic E-state index is 11.2. The van der Waals surface area contributed by atoms with E-state index < -0.39 is 0 Å². The number of alkyl halides is 1. The van der Waals surface area contributed by atoms with Gasteiger partial charge in [0.05, 0.1) is 6.61 Å². The number of rotatable bonds is 7. The van der Waals surface area contributed by atoms with E-state index in [4.69, 9.17) is 16.3 Å². The molecule has 17 heavy (non-hydrogen) atoms. The highest BCUT2D eigenvalue weighted by atomic mass is 35.5. The Morgan fingerprint density at radius 1 is 1.35 bits per heavy atom. The number of hydrogen-bond acceptors (Lipinski definition) is 2. The number of ether oxygens (including phenoxy) is 1. The van der Waals surface area contributed by atoms with Crippen LogP contribution in [0.2, 0.25) is 0 Å². The molecule has 0 spiro atoms. The van der Waals surface area contributed by atoms with Gasteiger partial charge in [-0.15, -0.1) is 11.6 Å². The Hall–Kier alpha value is -1.22. The summed E-state index contributed by atoms with van der Waals surface area (Å²) in [6.45, 7) is 3.33. The summed E-state index contributed by atoms with van der Waals surface area (Å²) < 4.78 is 5.47. The minimum atomic E-state index is -0.0219. The zero-order valence-corrected chi connectivity index (χ0v) is 10.8. The highest BCUT2D eigenvalue weighted by Crippen LogP contribution is 2.12. The smallest absolute Gasteiger partial charge is 0.221 e. The van der Waals surface area contributed by atoms with Gasteiger partial charge in [-0.2, -0.15) is 0 Å². The van der Waals surface area contributed by atoms with Crippen LogP contribution in [0.4, 0.5) is 0 Å². The van der Waals surface area contributed by atoms with Crippen LogP contribution in [0.25, 0.3) is 0 Å². The number of amides is 1. The van der Waals surface area contributed by atoms with Gasteiger partial charge in [0.1, 0.15) is 5.75 Å². The van der Waals surface area contributed by atoms with Gasteiger partial charge in [0.25, 0.3) is 0 Å². The van der Waals surface area contributed by atoms with E-state index in [1.807, 2.05) is 24.3 Å². The van der Waals surface area contributed by atoms with E-state index in [9.17, 15) is 4.79 Å². The summed E-state index contributed by atoms with van der Waals surface area (Å²) >= 11 is 5.47. The van der Waals surface area contributed by atoms with Crippen LogP contribution in [-0.2, 0) is 11.3 Å². The van der Waals surface area contributed by atoms with Crippen LogP contribution in [-0.4, -0.2) is 18.4 Å². The molecular formula is C13H18ClNO2. The molecule has 3 nitrogen and oxygen atoms in total. The molecule has 0 aliphatic rings. The molecule has 1 N–H and O–H groups in total. The average Bonchev–Trinajstić information content (AvgIpc) is 2.35. The van der Waals surface area contributed by atoms with Crippen molar-refractivity contribution in [2.45, 2.75) is 26.3 Å². The van der Waals surface area contributed by atoms with Crippen molar-refractivity contribution in [3.63, 3.8) is 0 Å². The molecule has 1 aromatic rings. The first-order chi connectivity index (χ1) is 8.26. The van der Waals surface area contributed by atoms with Crippen LogP contribution in [0.15, 0.2) is 24.3 Å². The Labute approximate surface area is 107 Å². The normalized spacial score (nSPS) is 10.0. The van der Waals surface area contributed by atoms with Gasteiger partial charge < -0.3 is 10.1 Å². The quantitative estimate of drug-likeness (QED) is 0.761. The van der Waals surface area contributed by atoms with E-state index in [1.165, 1.54) is 0 Å². The molecule has 0 radical (unpaired) electrons. The maximum absolute atomic E-state index is 11.2. The molecule has 0 aliphatic heterocycles. The first-order valence-corrected chi connectivity index (χ1v) is 6.34. The lowest BCUT2D eigenvalue weighted by atomic mass is 10.2. The predicted molar refractivity (Wildman–Crippen MR) is 69.4 cm³/mol. The van der Waals surface area contributed by atoms with Gasteiger partial charge in [0.2, 0.25) is 5.91 Å². The van der Waals surface area contributed by atoms with Crippen LogP contribution in [0.1, 0.15) is 25.3 Å². The first-order valence-electron chi connectivity index (χ1n) is 5.80. The molecule has 0 saturated carbocycles. The van der Waals surface area contributed by atoms with Gasteiger partial charge in [-0.3, -0.25) is 4.79 Å². The second-order valence-corrected chi connectivity index (χ2v) is 4.09.